The summed E-state index contributed by atoms with van der Waals surface area (Å²) >= 11 is 12.6. The Labute approximate surface area is 153 Å². The van der Waals surface area contributed by atoms with Crippen molar-refractivity contribution in [1.82, 2.24) is 0 Å². The zero-order valence-electron chi connectivity index (χ0n) is 15.1. The summed E-state index contributed by atoms with van der Waals surface area (Å²) in [7, 11) is 1.41. The molecule has 0 rings (SSSR count). The number of ether oxygens (including phenoxy) is 1. The Balaban J connectivity index is 3.37. The van der Waals surface area contributed by atoms with Crippen LogP contribution in [0.5, 0.6) is 0 Å². The molecule has 0 aliphatic rings. The maximum Gasteiger partial charge on any atom is 0.305 e. The van der Waals surface area contributed by atoms with E-state index < -0.39 is 0 Å². The van der Waals surface area contributed by atoms with E-state index in [9.17, 15) is 4.79 Å². The molecule has 0 saturated carbocycles. The lowest BCUT2D eigenvalue weighted by atomic mass is 10.0. The average Bonchev–Trinajstić information content (AvgIpc) is 2.55. The van der Waals surface area contributed by atoms with Crippen LogP contribution in [0.4, 0.5) is 0 Å². The third-order valence-electron chi connectivity index (χ3n) is 4.31. The zero-order chi connectivity index (χ0) is 17.3. The second kappa shape index (κ2) is 16.9. The fourth-order valence-corrected chi connectivity index (χ4v) is 3.29. The summed E-state index contributed by atoms with van der Waals surface area (Å²) in [5.74, 6) is -0.172. The van der Waals surface area contributed by atoms with Gasteiger partial charge in [0.05, 0.1) is 7.11 Å². The first-order valence-corrected chi connectivity index (χ1v) is 10.3. The number of rotatable bonds is 16. The van der Waals surface area contributed by atoms with Crippen LogP contribution < -0.4 is 0 Å². The molecular weight excluding hydrogens is 331 g/mol. The van der Waals surface area contributed by atoms with Crippen LogP contribution in [0.15, 0.2) is 0 Å². The Morgan fingerprint density at radius 3 is 1.70 bits per heavy atom. The Morgan fingerprint density at radius 2 is 1.22 bits per heavy atom. The number of esters is 1. The van der Waals surface area contributed by atoms with Gasteiger partial charge in [-0.15, -0.1) is 23.2 Å². The first-order chi connectivity index (χ1) is 11.1. The van der Waals surface area contributed by atoms with Gasteiger partial charge in [0.25, 0.3) is 0 Å². The van der Waals surface area contributed by atoms with Crippen molar-refractivity contribution in [3.63, 3.8) is 0 Å². The molecule has 0 fully saturated rings. The quantitative estimate of drug-likeness (QED) is 0.169. The van der Waals surface area contributed by atoms with E-state index in [-0.39, 0.29) is 16.7 Å². The predicted octanol–water partition coefficient (Wildman–Crippen LogP) is 6.86. The van der Waals surface area contributed by atoms with Crippen LogP contribution in [-0.4, -0.2) is 23.8 Å². The number of carbonyl (C=O) groups excluding carboxylic acids is 1. The van der Waals surface area contributed by atoms with Crippen LogP contribution in [0.3, 0.4) is 0 Å². The number of carbonyl (C=O) groups is 1. The van der Waals surface area contributed by atoms with E-state index in [4.69, 9.17) is 23.2 Å². The topological polar surface area (TPSA) is 26.3 Å². The van der Waals surface area contributed by atoms with E-state index in [0.29, 0.717) is 6.42 Å². The van der Waals surface area contributed by atoms with Crippen molar-refractivity contribution < 1.29 is 9.53 Å². The number of methoxy groups -OCH3 is 1. The molecule has 2 atom stereocenters. The molecule has 23 heavy (non-hydrogen) atoms. The van der Waals surface area contributed by atoms with Crippen LogP contribution in [0.1, 0.15) is 96.8 Å². The molecule has 0 aromatic heterocycles. The molecule has 138 valence electrons. The zero-order valence-corrected chi connectivity index (χ0v) is 16.6. The smallest absolute Gasteiger partial charge is 0.305 e. The first-order valence-electron chi connectivity index (χ1n) is 9.46. The highest BCUT2D eigenvalue weighted by Gasteiger charge is 2.16. The standard InChI is InChI=1S/C19H36Cl2O2/c1-3-4-5-6-7-8-9-10-11-12-14-17(20)18(21)15-13-16-19(22)23-2/h17-18H,3-16H2,1-2H3/t17-,18-/m1/s1. The van der Waals surface area contributed by atoms with Crippen LogP contribution in [-0.2, 0) is 9.53 Å². The van der Waals surface area contributed by atoms with Gasteiger partial charge in [0.2, 0.25) is 0 Å². The van der Waals surface area contributed by atoms with Gasteiger partial charge in [-0.1, -0.05) is 71.1 Å². The van der Waals surface area contributed by atoms with E-state index in [1.807, 2.05) is 0 Å². The minimum atomic E-state index is -0.172. The molecule has 0 saturated heterocycles. The first kappa shape index (κ1) is 23.1. The highest BCUT2D eigenvalue weighted by molar-refractivity contribution is 6.29. The summed E-state index contributed by atoms with van der Waals surface area (Å²) < 4.78 is 4.62. The van der Waals surface area contributed by atoms with Gasteiger partial charge in [0.15, 0.2) is 0 Å². The van der Waals surface area contributed by atoms with Crippen LogP contribution >= 0.6 is 23.2 Å². The molecule has 0 heterocycles. The van der Waals surface area contributed by atoms with Gasteiger partial charge in [-0.25, -0.2) is 0 Å². The van der Waals surface area contributed by atoms with Crippen molar-refractivity contribution in [2.75, 3.05) is 7.11 Å². The number of alkyl halides is 2. The van der Waals surface area contributed by atoms with Gasteiger partial charge >= 0.3 is 5.97 Å². The highest BCUT2D eigenvalue weighted by atomic mass is 35.5. The Morgan fingerprint density at radius 1 is 0.783 bits per heavy atom. The molecule has 0 aromatic rings. The maximum atomic E-state index is 11.0. The molecule has 4 heteroatoms. The van der Waals surface area contributed by atoms with Crippen molar-refractivity contribution in [1.29, 1.82) is 0 Å². The predicted molar refractivity (Wildman–Crippen MR) is 102 cm³/mol. The summed E-state index contributed by atoms with van der Waals surface area (Å²) in [6, 6.07) is 0. The SMILES string of the molecule is CCCCCCCCCCCC[C@@H](Cl)[C@H](Cl)CCCC(=O)OC. The summed E-state index contributed by atoms with van der Waals surface area (Å²) in [6.07, 6.45) is 16.3. The van der Waals surface area contributed by atoms with Gasteiger partial charge in [0.1, 0.15) is 0 Å². The van der Waals surface area contributed by atoms with Crippen LogP contribution in [0.25, 0.3) is 0 Å². The van der Waals surface area contributed by atoms with E-state index in [0.717, 1.165) is 25.7 Å². The van der Waals surface area contributed by atoms with Crippen LogP contribution in [0.2, 0.25) is 0 Å². The van der Waals surface area contributed by atoms with E-state index >= 15 is 0 Å². The molecule has 0 spiro atoms. The van der Waals surface area contributed by atoms with Gasteiger partial charge in [-0.3, -0.25) is 4.79 Å². The molecule has 0 N–H and O–H groups in total. The third-order valence-corrected chi connectivity index (χ3v) is 5.49. The Bertz CT molecular complexity index is 272. The van der Waals surface area contributed by atoms with Gasteiger partial charge < -0.3 is 4.74 Å². The second-order valence-electron chi connectivity index (χ2n) is 6.47. The highest BCUT2D eigenvalue weighted by Crippen LogP contribution is 2.22. The summed E-state index contributed by atoms with van der Waals surface area (Å²) in [4.78, 5) is 11.0. The van der Waals surface area contributed by atoms with Crippen molar-refractivity contribution >= 4 is 29.2 Å². The lowest BCUT2D eigenvalue weighted by molar-refractivity contribution is -0.140. The summed E-state index contributed by atoms with van der Waals surface area (Å²) in [5.41, 5.74) is 0. The van der Waals surface area contributed by atoms with E-state index in [1.165, 1.54) is 64.9 Å². The van der Waals surface area contributed by atoms with E-state index in [1.54, 1.807) is 0 Å². The molecule has 0 amide bonds. The summed E-state index contributed by atoms with van der Waals surface area (Å²) in [5, 5.41) is -0.0248. The fraction of sp³-hybridized carbons (Fsp3) is 0.947. The lowest BCUT2D eigenvalue weighted by Crippen LogP contribution is -2.15. The lowest BCUT2D eigenvalue weighted by Gasteiger charge is -2.15. The minimum Gasteiger partial charge on any atom is -0.469 e. The minimum absolute atomic E-state index is 0.0170. The van der Waals surface area contributed by atoms with Gasteiger partial charge in [0, 0.05) is 17.2 Å². The fourth-order valence-electron chi connectivity index (χ4n) is 2.73. The van der Waals surface area contributed by atoms with E-state index in [2.05, 4.69) is 11.7 Å². The van der Waals surface area contributed by atoms with Crippen molar-refractivity contribution in [2.45, 2.75) is 108 Å². The number of unbranched alkanes of at least 4 members (excludes halogenated alkanes) is 9. The third kappa shape index (κ3) is 15.3. The second-order valence-corrected chi connectivity index (χ2v) is 7.59. The number of hydrogen-bond donors (Lipinski definition) is 0. The monoisotopic (exact) mass is 366 g/mol. The molecule has 0 aliphatic heterocycles. The molecule has 0 bridgehead atoms. The number of hydrogen-bond acceptors (Lipinski definition) is 2. The van der Waals surface area contributed by atoms with Crippen LogP contribution in [0, 0.1) is 0 Å². The normalized spacial score (nSPS) is 13.7. The Hall–Kier alpha value is 0.0500. The average molecular weight is 367 g/mol. The summed E-state index contributed by atoms with van der Waals surface area (Å²) in [6.45, 7) is 2.26. The van der Waals surface area contributed by atoms with Crippen molar-refractivity contribution in [3.8, 4) is 0 Å². The Kier molecular flexibility index (Phi) is 16.9. The van der Waals surface area contributed by atoms with Gasteiger partial charge in [-0.05, 0) is 19.3 Å². The number of halogens is 2. The van der Waals surface area contributed by atoms with Gasteiger partial charge in [-0.2, -0.15) is 0 Å². The largest absolute Gasteiger partial charge is 0.469 e. The molecule has 0 radical (unpaired) electrons. The maximum absolute atomic E-state index is 11.0. The van der Waals surface area contributed by atoms with Crippen molar-refractivity contribution in [2.24, 2.45) is 0 Å². The molecule has 0 unspecified atom stereocenters. The molecular formula is C19H36Cl2O2. The molecule has 0 aliphatic carbocycles. The molecule has 0 aromatic carbocycles. The molecule has 2 nitrogen and oxygen atoms in total. The van der Waals surface area contributed by atoms with Crippen molar-refractivity contribution in [3.05, 3.63) is 0 Å².